The minimum absolute atomic E-state index is 0.0325. The number of ether oxygens (including phenoxy) is 2. The molecule has 0 spiro atoms. The average Bonchev–Trinajstić information content (AvgIpc) is 2.43. The quantitative estimate of drug-likeness (QED) is 0.792. The van der Waals surface area contributed by atoms with Crippen LogP contribution < -0.4 is 4.74 Å². The highest BCUT2D eigenvalue weighted by Gasteiger charge is 2.29. The number of halogens is 2. The van der Waals surface area contributed by atoms with Crippen LogP contribution in [0.3, 0.4) is 0 Å². The molecule has 114 valence electrons. The van der Waals surface area contributed by atoms with E-state index in [4.69, 9.17) is 14.9 Å². The summed E-state index contributed by atoms with van der Waals surface area (Å²) in [7, 11) is 0. The molecule has 2 N–H and O–H groups in total. The molecule has 0 unspecified atom stereocenters. The lowest BCUT2D eigenvalue weighted by Crippen LogP contribution is -2.37. The first-order valence-corrected chi connectivity index (χ1v) is 6.45. The van der Waals surface area contributed by atoms with Crippen molar-refractivity contribution in [3.05, 3.63) is 24.0 Å². The lowest BCUT2D eigenvalue weighted by Gasteiger charge is -2.31. The first-order valence-electron chi connectivity index (χ1n) is 6.45. The Kier molecular flexibility index (Phi) is 5.07. The Morgan fingerprint density at radius 3 is 2.71 bits per heavy atom. The van der Waals surface area contributed by atoms with Crippen molar-refractivity contribution < 1.29 is 28.5 Å². The van der Waals surface area contributed by atoms with Crippen molar-refractivity contribution in [2.45, 2.75) is 31.2 Å². The van der Waals surface area contributed by atoms with Crippen molar-refractivity contribution in [1.82, 2.24) is 4.98 Å². The first-order chi connectivity index (χ1) is 9.98. The number of aromatic nitrogens is 1. The molecule has 1 aliphatic rings. The molecule has 0 saturated heterocycles. The summed E-state index contributed by atoms with van der Waals surface area (Å²) in [5.74, 6) is 4.34. The molecule has 7 heteroatoms. The average molecular weight is 299 g/mol. The van der Waals surface area contributed by atoms with Gasteiger partial charge in [0, 0.05) is 18.8 Å². The van der Waals surface area contributed by atoms with Gasteiger partial charge >= 0.3 is 6.11 Å². The monoisotopic (exact) mass is 299 g/mol. The third-order valence-electron chi connectivity index (χ3n) is 2.82. The third kappa shape index (κ3) is 4.93. The number of alkyl halides is 2. The van der Waals surface area contributed by atoms with E-state index in [9.17, 15) is 8.78 Å². The van der Waals surface area contributed by atoms with Gasteiger partial charge in [0.05, 0.1) is 25.5 Å². The Bertz CT molecular complexity index is 518. The molecule has 0 radical (unpaired) electrons. The predicted molar refractivity (Wildman–Crippen MR) is 68.8 cm³/mol. The van der Waals surface area contributed by atoms with Gasteiger partial charge < -0.3 is 19.7 Å². The Hall–Kier alpha value is -1.75. The van der Waals surface area contributed by atoms with Crippen LogP contribution in [0.25, 0.3) is 0 Å². The molecule has 1 aliphatic carbocycles. The second-order valence-electron chi connectivity index (χ2n) is 4.58. The van der Waals surface area contributed by atoms with Gasteiger partial charge in [-0.1, -0.05) is 0 Å². The molecular weight excluding hydrogens is 284 g/mol. The van der Waals surface area contributed by atoms with Gasteiger partial charge in [-0.05, 0) is 18.1 Å². The van der Waals surface area contributed by atoms with Crippen LogP contribution in [-0.2, 0) is 4.74 Å². The van der Waals surface area contributed by atoms with Crippen LogP contribution in [0.5, 0.6) is 5.75 Å². The van der Waals surface area contributed by atoms with Crippen LogP contribution in [0.4, 0.5) is 8.78 Å². The number of hydrogen-bond acceptors (Lipinski definition) is 5. The van der Waals surface area contributed by atoms with E-state index in [1.54, 1.807) is 12.0 Å². The first kappa shape index (κ1) is 15.6. The molecule has 1 aromatic rings. The van der Waals surface area contributed by atoms with Crippen molar-refractivity contribution >= 4 is 0 Å². The van der Waals surface area contributed by atoms with Crippen molar-refractivity contribution in [2.75, 3.05) is 13.2 Å². The zero-order chi connectivity index (χ0) is 15.3. The highest BCUT2D eigenvalue weighted by atomic mass is 19.3. The summed E-state index contributed by atoms with van der Waals surface area (Å²) in [6.45, 7) is -0.994. The van der Waals surface area contributed by atoms with E-state index in [2.05, 4.69) is 15.6 Å². The zero-order valence-electron chi connectivity index (χ0n) is 11.1. The largest absolute Gasteiger partial charge is 0.489 e. The predicted octanol–water partition coefficient (Wildman–Crippen LogP) is 0.937. The Morgan fingerprint density at radius 1 is 1.38 bits per heavy atom. The number of nitrogens with zero attached hydrogens (tertiary/aromatic N) is 1. The van der Waals surface area contributed by atoms with Gasteiger partial charge in [0.15, 0.2) is 0 Å². The maximum Gasteiger partial charge on any atom is 0.423 e. The summed E-state index contributed by atoms with van der Waals surface area (Å²) >= 11 is 0. The van der Waals surface area contributed by atoms with Crippen molar-refractivity contribution in [3.8, 4) is 17.6 Å². The van der Waals surface area contributed by atoms with Gasteiger partial charge in [0.2, 0.25) is 0 Å². The molecule has 1 saturated carbocycles. The number of rotatable bonds is 5. The third-order valence-corrected chi connectivity index (χ3v) is 2.82. The van der Waals surface area contributed by atoms with Gasteiger partial charge in [-0.2, -0.15) is 8.78 Å². The second kappa shape index (κ2) is 6.80. The standard InChI is InChI=1S/C14H15F2NO4/c15-14(16,20-6-5-18)4-3-10-1-2-12(9-17-10)21-13-7-11(19)8-13/h1-2,9,11,13,18-19H,5-8H2. The second-order valence-corrected chi connectivity index (χ2v) is 4.58. The molecule has 5 nitrogen and oxygen atoms in total. The summed E-state index contributed by atoms with van der Waals surface area (Å²) in [5.41, 5.74) is 0.156. The number of aliphatic hydroxyl groups is 2. The van der Waals surface area contributed by atoms with Crippen LogP contribution in [-0.4, -0.2) is 46.7 Å². The zero-order valence-corrected chi connectivity index (χ0v) is 11.1. The maximum absolute atomic E-state index is 13.1. The summed E-state index contributed by atoms with van der Waals surface area (Å²) in [6, 6.07) is 3.04. The van der Waals surface area contributed by atoms with Crippen molar-refractivity contribution in [1.29, 1.82) is 0 Å². The Morgan fingerprint density at radius 2 is 2.14 bits per heavy atom. The SMILES string of the molecule is OCCOC(F)(F)C#Cc1ccc(OC2CC(O)C2)cn1. The Balaban J connectivity index is 1.90. The van der Waals surface area contributed by atoms with Crippen LogP contribution in [0, 0.1) is 11.8 Å². The fraction of sp³-hybridized carbons (Fsp3) is 0.500. The molecule has 0 bridgehead atoms. The van der Waals surface area contributed by atoms with Gasteiger partial charge in [0.1, 0.15) is 17.5 Å². The molecule has 0 amide bonds. The number of aliphatic hydroxyl groups excluding tert-OH is 2. The van der Waals surface area contributed by atoms with Crippen molar-refractivity contribution in [2.24, 2.45) is 0 Å². The van der Waals surface area contributed by atoms with Crippen LogP contribution >= 0.6 is 0 Å². The fourth-order valence-corrected chi connectivity index (χ4v) is 1.70. The minimum atomic E-state index is -3.62. The molecular formula is C14H15F2NO4. The molecule has 2 rings (SSSR count). The molecule has 0 aromatic carbocycles. The fourth-order valence-electron chi connectivity index (χ4n) is 1.70. The summed E-state index contributed by atoms with van der Waals surface area (Å²) < 4.78 is 35.7. The van der Waals surface area contributed by atoms with E-state index in [0.29, 0.717) is 18.6 Å². The van der Waals surface area contributed by atoms with Gasteiger partial charge in [-0.15, -0.1) is 0 Å². The van der Waals surface area contributed by atoms with Gasteiger partial charge in [0.25, 0.3) is 0 Å². The van der Waals surface area contributed by atoms with Gasteiger partial charge in [-0.3, -0.25) is 0 Å². The summed E-state index contributed by atoms with van der Waals surface area (Å²) in [5, 5.41) is 17.5. The van der Waals surface area contributed by atoms with E-state index in [0.717, 1.165) is 0 Å². The number of hydrogen-bond donors (Lipinski definition) is 2. The maximum atomic E-state index is 13.1. The molecule has 0 atom stereocenters. The number of pyridine rings is 1. The molecule has 1 aromatic heterocycles. The molecule has 1 fully saturated rings. The summed E-state index contributed by atoms with van der Waals surface area (Å²) in [4.78, 5) is 3.89. The van der Waals surface area contributed by atoms with E-state index >= 15 is 0 Å². The van der Waals surface area contributed by atoms with E-state index in [-0.39, 0.29) is 17.9 Å². The lowest BCUT2D eigenvalue weighted by molar-refractivity contribution is -0.196. The van der Waals surface area contributed by atoms with Gasteiger partial charge in [-0.25, -0.2) is 4.98 Å². The Labute approximate surface area is 120 Å². The minimum Gasteiger partial charge on any atom is -0.489 e. The van der Waals surface area contributed by atoms with Crippen LogP contribution in [0.1, 0.15) is 18.5 Å². The normalized spacial score (nSPS) is 21.1. The van der Waals surface area contributed by atoms with Crippen LogP contribution in [0.15, 0.2) is 18.3 Å². The smallest absolute Gasteiger partial charge is 0.423 e. The van der Waals surface area contributed by atoms with Crippen molar-refractivity contribution in [3.63, 3.8) is 0 Å². The highest BCUT2D eigenvalue weighted by Crippen LogP contribution is 2.25. The summed E-state index contributed by atoms with van der Waals surface area (Å²) in [6.07, 6.45) is -1.42. The van der Waals surface area contributed by atoms with Crippen LogP contribution in [0.2, 0.25) is 0 Å². The highest BCUT2D eigenvalue weighted by molar-refractivity contribution is 5.32. The lowest BCUT2D eigenvalue weighted by atomic mass is 9.92. The van der Waals surface area contributed by atoms with E-state index in [1.807, 2.05) is 0 Å². The van der Waals surface area contributed by atoms with E-state index < -0.39 is 19.3 Å². The molecule has 0 aliphatic heterocycles. The topological polar surface area (TPSA) is 71.8 Å². The van der Waals surface area contributed by atoms with E-state index in [1.165, 1.54) is 12.3 Å². The molecule has 1 heterocycles. The molecule has 21 heavy (non-hydrogen) atoms.